The Morgan fingerprint density at radius 3 is 2.70 bits per heavy atom. The number of nitrogens with one attached hydrogen (secondary N) is 1. The van der Waals surface area contributed by atoms with Gasteiger partial charge >= 0.3 is 5.97 Å². The maximum absolute atomic E-state index is 12.9. The maximum Gasteiger partial charge on any atom is 0.314 e. The first-order valence-corrected chi connectivity index (χ1v) is 10.8. The first-order chi connectivity index (χ1) is 14.6. The molecule has 3 fully saturated rings. The summed E-state index contributed by atoms with van der Waals surface area (Å²) in [6, 6.07) is 16.5. The average molecular weight is 405 g/mol. The van der Waals surface area contributed by atoms with Crippen LogP contribution in [0.4, 0.5) is 0 Å². The highest BCUT2D eigenvalue weighted by Crippen LogP contribution is 2.39. The second kappa shape index (κ2) is 7.95. The summed E-state index contributed by atoms with van der Waals surface area (Å²) in [6.45, 7) is 4.92. The second-order valence-corrected chi connectivity index (χ2v) is 8.37. The molecule has 0 bridgehead atoms. The number of nitrogens with zero attached hydrogens (tertiary/aromatic N) is 2. The van der Waals surface area contributed by atoms with Crippen LogP contribution in [-0.2, 0) is 9.53 Å². The van der Waals surface area contributed by atoms with E-state index in [1.165, 1.54) is 6.42 Å². The predicted octanol–water partition coefficient (Wildman–Crippen LogP) is 2.56. The van der Waals surface area contributed by atoms with Crippen LogP contribution in [0, 0.1) is 0 Å². The molecule has 0 radical (unpaired) electrons. The first-order valence-electron chi connectivity index (χ1n) is 10.8. The van der Waals surface area contributed by atoms with Crippen molar-refractivity contribution in [1.82, 2.24) is 15.1 Å². The molecule has 0 aliphatic carbocycles. The SMILES string of the molecule is CC(C(=O)OC1CCN2CCCN[C@@H]3[C@H]2[N@@]13)c1cccc(C(=O)c2ccccc2)c1. The highest BCUT2D eigenvalue weighted by Gasteiger charge is 2.58. The fourth-order valence-electron chi connectivity index (χ4n) is 4.71. The van der Waals surface area contributed by atoms with E-state index in [0.29, 0.717) is 23.5 Å². The van der Waals surface area contributed by atoms with E-state index < -0.39 is 5.92 Å². The van der Waals surface area contributed by atoms with Crippen molar-refractivity contribution in [1.29, 1.82) is 0 Å². The van der Waals surface area contributed by atoms with Crippen molar-refractivity contribution in [2.45, 2.75) is 44.2 Å². The van der Waals surface area contributed by atoms with Crippen LogP contribution in [0.3, 0.4) is 0 Å². The fourth-order valence-corrected chi connectivity index (χ4v) is 4.71. The van der Waals surface area contributed by atoms with Gasteiger partial charge in [0.1, 0.15) is 0 Å². The molecule has 2 aromatic carbocycles. The Bertz CT molecular complexity index is 948. The number of hydrogen-bond acceptors (Lipinski definition) is 6. The molecule has 1 N–H and O–H groups in total. The smallest absolute Gasteiger partial charge is 0.314 e. The third-order valence-electron chi connectivity index (χ3n) is 6.46. The lowest BCUT2D eigenvalue weighted by molar-refractivity contribution is -0.160. The van der Waals surface area contributed by atoms with Gasteiger partial charge in [-0.05, 0) is 31.5 Å². The molecule has 30 heavy (non-hydrogen) atoms. The third-order valence-corrected chi connectivity index (χ3v) is 6.46. The standard InChI is InChI=1S/C24H27N3O3/c1-16(18-9-5-10-19(15-18)21(28)17-7-3-2-4-8-17)24(29)30-20-11-14-26-13-6-12-25-22-23(26)27(20)22/h2-5,7-10,15-16,20,22-23,25H,6,11-14H2,1H3/t16?,20?,22-,23+,27-/m0/s1. The van der Waals surface area contributed by atoms with Crippen molar-refractivity contribution in [3.05, 3.63) is 71.3 Å². The second-order valence-electron chi connectivity index (χ2n) is 8.37. The van der Waals surface area contributed by atoms with Gasteiger partial charge in [-0.1, -0.05) is 48.5 Å². The van der Waals surface area contributed by atoms with Crippen molar-refractivity contribution in [2.24, 2.45) is 0 Å². The van der Waals surface area contributed by atoms with Crippen molar-refractivity contribution in [3.8, 4) is 0 Å². The van der Waals surface area contributed by atoms with Crippen molar-refractivity contribution in [2.75, 3.05) is 19.6 Å². The van der Waals surface area contributed by atoms with E-state index in [9.17, 15) is 9.59 Å². The van der Waals surface area contributed by atoms with Gasteiger partial charge < -0.3 is 4.74 Å². The Hall–Kier alpha value is -2.54. The minimum atomic E-state index is -0.427. The predicted molar refractivity (Wildman–Crippen MR) is 113 cm³/mol. The van der Waals surface area contributed by atoms with E-state index in [1.807, 2.05) is 43.3 Å². The number of ketones is 1. The van der Waals surface area contributed by atoms with E-state index in [1.54, 1.807) is 18.2 Å². The largest absolute Gasteiger partial charge is 0.446 e. The summed E-state index contributed by atoms with van der Waals surface area (Å²) in [7, 11) is 0. The van der Waals surface area contributed by atoms with E-state index in [2.05, 4.69) is 15.1 Å². The summed E-state index contributed by atoms with van der Waals surface area (Å²) in [5.41, 5.74) is 2.03. The molecule has 0 saturated carbocycles. The summed E-state index contributed by atoms with van der Waals surface area (Å²) in [5, 5.41) is 3.55. The summed E-state index contributed by atoms with van der Waals surface area (Å²) < 4.78 is 5.93. The topological polar surface area (TPSA) is 61.6 Å². The van der Waals surface area contributed by atoms with Crippen LogP contribution >= 0.6 is 0 Å². The minimum Gasteiger partial charge on any atom is -0.446 e. The number of carbonyl (C=O) groups is 2. The number of rotatable bonds is 5. The Kier molecular flexibility index (Phi) is 5.15. The van der Waals surface area contributed by atoms with Gasteiger partial charge in [0.15, 0.2) is 12.0 Å². The Morgan fingerprint density at radius 2 is 1.87 bits per heavy atom. The summed E-state index contributed by atoms with van der Waals surface area (Å²) in [4.78, 5) is 30.4. The molecule has 3 aliphatic rings. The van der Waals surface area contributed by atoms with Gasteiger partial charge in [0, 0.05) is 30.6 Å². The molecule has 0 aromatic heterocycles. The molecule has 5 atom stereocenters. The number of fused-ring (bicyclic) bond motifs is 1. The van der Waals surface area contributed by atoms with Gasteiger partial charge in [-0.25, -0.2) is 4.90 Å². The van der Waals surface area contributed by atoms with Gasteiger partial charge in [0.05, 0.1) is 18.2 Å². The number of esters is 1. The van der Waals surface area contributed by atoms with Crippen LogP contribution in [0.15, 0.2) is 54.6 Å². The Balaban J connectivity index is 1.27. The van der Waals surface area contributed by atoms with Crippen molar-refractivity contribution >= 4 is 11.8 Å². The van der Waals surface area contributed by atoms with E-state index in [0.717, 1.165) is 31.6 Å². The van der Waals surface area contributed by atoms with Crippen LogP contribution in [-0.4, -0.2) is 59.7 Å². The molecule has 156 valence electrons. The number of benzene rings is 2. The Labute approximate surface area is 176 Å². The highest BCUT2D eigenvalue weighted by atomic mass is 16.6. The molecule has 6 nitrogen and oxygen atoms in total. The molecule has 0 amide bonds. The molecule has 2 unspecified atom stereocenters. The molecule has 6 heteroatoms. The van der Waals surface area contributed by atoms with E-state index >= 15 is 0 Å². The first kappa shape index (κ1) is 19.4. The monoisotopic (exact) mass is 405 g/mol. The quantitative estimate of drug-likeness (QED) is 0.469. The number of carbonyl (C=O) groups excluding carboxylic acids is 2. The molecule has 3 heterocycles. The lowest BCUT2D eigenvalue weighted by Crippen LogP contribution is -2.44. The van der Waals surface area contributed by atoms with Gasteiger partial charge in [-0.2, -0.15) is 0 Å². The fraction of sp³-hybridized carbons (Fsp3) is 0.417. The molecular formula is C24H27N3O3. The molecule has 3 saturated heterocycles. The van der Waals surface area contributed by atoms with Crippen LogP contribution in [0.25, 0.3) is 0 Å². The van der Waals surface area contributed by atoms with E-state index in [4.69, 9.17) is 4.74 Å². The highest BCUT2D eigenvalue weighted by molar-refractivity contribution is 6.09. The van der Waals surface area contributed by atoms with Crippen LogP contribution in [0.5, 0.6) is 0 Å². The van der Waals surface area contributed by atoms with E-state index in [-0.39, 0.29) is 18.0 Å². The zero-order chi connectivity index (χ0) is 20.7. The van der Waals surface area contributed by atoms with Crippen LogP contribution < -0.4 is 5.32 Å². The van der Waals surface area contributed by atoms with Gasteiger partial charge in [-0.15, -0.1) is 0 Å². The lowest BCUT2D eigenvalue weighted by Gasteiger charge is -2.32. The van der Waals surface area contributed by atoms with Crippen LogP contribution in [0.1, 0.15) is 47.2 Å². The summed E-state index contributed by atoms with van der Waals surface area (Å²) in [6.07, 6.45) is 2.49. The minimum absolute atomic E-state index is 0.0410. The zero-order valence-electron chi connectivity index (χ0n) is 17.2. The molecule has 0 spiro atoms. The average Bonchev–Trinajstić information content (AvgIpc) is 3.55. The summed E-state index contributed by atoms with van der Waals surface area (Å²) in [5.74, 6) is -0.704. The maximum atomic E-state index is 12.9. The van der Waals surface area contributed by atoms with Crippen molar-refractivity contribution in [3.63, 3.8) is 0 Å². The van der Waals surface area contributed by atoms with Gasteiger partial charge in [0.2, 0.25) is 0 Å². The number of hydrogen-bond donors (Lipinski definition) is 1. The number of ether oxygens (including phenoxy) is 1. The zero-order valence-corrected chi connectivity index (χ0v) is 17.2. The normalized spacial score (nSPS) is 28.7. The van der Waals surface area contributed by atoms with Gasteiger partial charge in [-0.3, -0.25) is 19.8 Å². The Morgan fingerprint density at radius 1 is 1.07 bits per heavy atom. The molecule has 3 aliphatic heterocycles. The third kappa shape index (κ3) is 3.55. The molecule has 2 aromatic rings. The lowest BCUT2D eigenvalue weighted by atomic mass is 9.96. The summed E-state index contributed by atoms with van der Waals surface area (Å²) >= 11 is 0. The van der Waals surface area contributed by atoms with Crippen LogP contribution in [0.2, 0.25) is 0 Å². The molecular weight excluding hydrogens is 378 g/mol. The van der Waals surface area contributed by atoms with Gasteiger partial charge in [0.25, 0.3) is 0 Å². The molecule has 5 rings (SSSR count). The van der Waals surface area contributed by atoms with Crippen molar-refractivity contribution < 1.29 is 14.3 Å².